The maximum absolute atomic E-state index is 13.6. The van der Waals surface area contributed by atoms with Crippen molar-refractivity contribution < 1.29 is 18.7 Å². The summed E-state index contributed by atoms with van der Waals surface area (Å²) in [6, 6.07) is 12.9. The smallest absolute Gasteiger partial charge is 0.251 e. The zero-order valence-electron chi connectivity index (χ0n) is 15.7. The number of carbonyl (C=O) groups is 2. The van der Waals surface area contributed by atoms with Crippen molar-refractivity contribution in [2.75, 3.05) is 11.9 Å². The molecule has 0 heterocycles. The Morgan fingerprint density at radius 1 is 1.00 bits per heavy atom. The van der Waals surface area contributed by atoms with E-state index in [9.17, 15) is 14.0 Å². The Morgan fingerprint density at radius 2 is 1.71 bits per heavy atom. The number of amides is 2. The fourth-order valence-corrected chi connectivity index (χ4v) is 3.25. The molecule has 148 valence electrons. The molecule has 0 aromatic heterocycles. The van der Waals surface area contributed by atoms with E-state index in [2.05, 4.69) is 10.6 Å². The molecule has 2 aromatic carbocycles. The summed E-state index contributed by atoms with van der Waals surface area (Å²) in [5.74, 6) is -0.861. The van der Waals surface area contributed by atoms with Crippen molar-refractivity contribution in [3.8, 4) is 0 Å². The molecule has 1 saturated carbocycles. The summed E-state index contributed by atoms with van der Waals surface area (Å²) in [5.41, 5.74) is 1.47. The van der Waals surface area contributed by atoms with Gasteiger partial charge in [0.15, 0.2) is 0 Å². The van der Waals surface area contributed by atoms with E-state index in [1.807, 2.05) is 0 Å². The Bertz CT molecular complexity index is 802. The summed E-state index contributed by atoms with van der Waals surface area (Å²) in [7, 11) is 0. The van der Waals surface area contributed by atoms with Gasteiger partial charge in [0, 0.05) is 23.4 Å². The third kappa shape index (κ3) is 5.89. The maximum atomic E-state index is 13.6. The number of hydrogen-bond acceptors (Lipinski definition) is 3. The fourth-order valence-electron chi connectivity index (χ4n) is 3.25. The molecule has 0 bridgehead atoms. The van der Waals surface area contributed by atoms with Crippen molar-refractivity contribution in [3.63, 3.8) is 0 Å². The number of nitrogens with one attached hydrogen (secondary N) is 2. The highest BCUT2D eigenvalue weighted by Crippen LogP contribution is 2.20. The van der Waals surface area contributed by atoms with Crippen molar-refractivity contribution in [1.29, 1.82) is 0 Å². The molecule has 1 fully saturated rings. The Kier molecular flexibility index (Phi) is 7.14. The van der Waals surface area contributed by atoms with Crippen LogP contribution in [0, 0.1) is 5.82 Å². The summed E-state index contributed by atoms with van der Waals surface area (Å²) >= 11 is 0. The highest BCUT2D eigenvalue weighted by atomic mass is 19.1. The number of carbonyl (C=O) groups excluding carboxylic acids is 2. The second-order valence-corrected chi connectivity index (χ2v) is 6.97. The lowest BCUT2D eigenvalue weighted by molar-refractivity contribution is -0.123. The first-order valence-corrected chi connectivity index (χ1v) is 9.65. The summed E-state index contributed by atoms with van der Waals surface area (Å²) in [6.45, 7) is 0.151. The quantitative estimate of drug-likeness (QED) is 0.757. The van der Waals surface area contributed by atoms with Gasteiger partial charge in [-0.3, -0.25) is 9.59 Å². The van der Waals surface area contributed by atoms with Gasteiger partial charge in [-0.2, -0.15) is 0 Å². The molecule has 1 aliphatic carbocycles. The largest absolute Gasteiger partial charge is 0.368 e. The Morgan fingerprint density at radius 3 is 2.43 bits per heavy atom. The minimum absolute atomic E-state index is 0.0372. The van der Waals surface area contributed by atoms with E-state index < -0.39 is 0 Å². The van der Waals surface area contributed by atoms with Crippen molar-refractivity contribution in [3.05, 3.63) is 65.5 Å². The van der Waals surface area contributed by atoms with Crippen LogP contribution >= 0.6 is 0 Å². The van der Waals surface area contributed by atoms with Gasteiger partial charge in [0.05, 0.1) is 6.10 Å². The number of halogens is 1. The predicted octanol–water partition coefficient (Wildman–Crippen LogP) is 4.04. The van der Waals surface area contributed by atoms with Crippen LogP contribution in [0.15, 0.2) is 48.5 Å². The third-order valence-corrected chi connectivity index (χ3v) is 4.83. The summed E-state index contributed by atoms with van der Waals surface area (Å²) < 4.78 is 19.3. The van der Waals surface area contributed by atoms with Gasteiger partial charge in [0.25, 0.3) is 5.91 Å². The monoisotopic (exact) mass is 384 g/mol. The Balaban J connectivity index is 1.45. The van der Waals surface area contributed by atoms with Crippen LogP contribution in [0.2, 0.25) is 0 Å². The summed E-state index contributed by atoms with van der Waals surface area (Å²) in [5, 5.41) is 5.45. The Labute approximate surface area is 164 Å². The van der Waals surface area contributed by atoms with Gasteiger partial charge in [-0.15, -0.1) is 0 Å². The molecule has 6 heteroatoms. The number of hydrogen-bond donors (Lipinski definition) is 2. The van der Waals surface area contributed by atoms with Crippen LogP contribution in [-0.2, 0) is 16.1 Å². The molecule has 0 saturated heterocycles. The van der Waals surface area contributed by atoms with E-state index in [1.165, 1.54) is 12.5 Å². The second kappa shape index (κ2) is 9.99. The van der Waals surface area contributed by atoms with Crippen LogP contribution in [0.25, 0.3) is 0 Å². The molecule has 2 amide bonds. The summed E-state index contributed by atoms with van der Waals surface area (Å²) in [6.07, 6.45) is 5.78. The van der Waals surface area contributed by atoms with Crippen LogP contribution in [0.4, 0.5) is 10.1 Å². The van der Waals surface area contributed by atoms with Crippen LogP contribution in [0.1, 0.15) is 48.0 Å². The predicted molar refractivity (Wildman–Crippen MR) is 105 cm³/mol. The first-order valence-electron chi connectivity index (χ1n) is 9.65. The van der Waals surface area contributed by atoms with Gasteiger partial charge in [-0.25, -0.2) is 4.39 Å². The van der Waals surface area contributed by atoms with Gasteiger partial charge in [0.2, 0.25) is 5.91 Å². The first kappa shape index (κ1) is 20.0. The maximum Gasteiger partial charge on any atom is 0.251 e. The average Bonchev–Trinajstić information content (AvgIpc) is 2.73. The molecular weight excluding hydrogens is 359 g/mol. The fraction of sp³-hybridized carbons (Fsp3) is 0.364. The molecular formula is C22H25FN2O3. The van der Waals surface area contributed by atoms with Crippen molar-refractivity contribution in [2.45, 2.75) is 44.8 Å². The van der Waals surface area contributed by atoms with E-state index in [0.29, 0.717) is 16.8 Å². The highest BCUT2D eigenvalue weighted by Gasteiger charge is 2.15. The molecule has 0 atom stereocenters. The van der Waals surface area contributed by atoms with E-state index >= 15 is 0 Å². The molecule has 0 spiro atoms. The molecule has 3 rings (SSSR count). The number of ether oxygens (including phenoxy) is 1. The molecule has 1 aliphatic rings. The van der Waals surface area contributed by atoms with Gasteiger partial charge in [0.1, 0.15) is 12.4 Å². The van der Waals surface area contributed by atoms with Crippen LogP contribution in [-0.4, -0.2) is 24.5 Å². The lowest BCUT2D eigenvalue weighted by Crippen LogP contribution is -2.25. The number of rotatable bonds is 7. The normalized spacial score (nSPS) is 14.5. The second-order valence-electron chi connectivity index (χ2n) is 6.97. The van der Waals surface area contributed by atoms with Crippen molar-refractivity contribution in [1.82, 2.24) is 5.32 Å². The number of anilines is 1. The van der Waals surface area contributed by atoms with Crippen LogP contribution in [0.5, 0.6) is 0 Å². The van der Waals surface area contributed by atoms with E-state index in [1.54, 1.807) is 42.5 Å². The van der Waals surface area contributed by atoms with E-state index in [4.69, 9.17) is 4.74 Å². The van der Waals surface area contributed by atoms with Crippen LogP contribution < -0.4 is 10.6 Å². The average molecular weight is 384 g/mol. The molecule has 5 nitrogen and oxygen atoms in total. The first-order chi connectivity index (χ1) is 13.6. The Hall–Kier alpha value is -2.73. The van der Waals surface area contributed by atoms with Gasteiger partial charge < -0.3 is 15.4 Å². The standard InChI is InChI=1S/C22H25FN2O3/c23-20-9-5-4-6-17(20)14-24-22(27)16-10-12-18(13-11-16)25-21(26)15-28-19-7-2-1-3-8-19/h4-6,9-13,19H,1-3,7-8,14-15H2,(H,24,27)(H,25,26). The van der Waals surface area contributed by atoms with Gasteiger partial charge in [-0.05, 0) is 43.2 Å². The minimum Gasteiger partial charge on any atom is -0.368 e. The zero-order valence-corrected chi connectivity index (χ0v) is 15.7. The van der Waals surface area contributed by atoms with Gasteiger partial charge >= 0.3 is 0 Å². The third-order valence-electron chi connectivity index (χ3n) is 4.83. The minimum atomic E-state index is -0.351. The molecule has 2 N–H and O–H groups in total. The lowest BCUT2D eigenvalue weighted by atomic mass is 9.98. The van der Waals surface area contributed by atoms with E-state index in [-0.39, 0.29) is 36.9 Å². The van der Waals surface area contributed by atoms with Gasteiger partial charge in [-0.1, -0.05) is 37.5 Å². The zero-order chi connectivity index (χ0) is 19.8. The lowest BCUT2D eigenvalue weighted by Gasteiger charge is -2.21. The molecule has 28 heavy (non-hydrogen) atoms. The topological polar surface area (TPSA) is 67.4 Å². The molecule has 0 unspecified atom stereocenters. The van der Waals surface area contributed by atoms with Crippen molar-refractivity contribution in [2.24, 2.45) is 0 Å². The number of benzene rings is 2. The summed E-state index contributed by atoms with van der Waals surface area (Å²) in [4.78, 5) is 24.2. The highest BCUT2D eigenvalue weighted by molar-refractivity contribution is 5.96. The van der Waals surface area contributed by atoms with Crippen molar-refractivity contribution >= 4 is 17.5 Å². The molecule has 0 aliphatic heterocycles. The molecule has 0 radical (unpaired) electrons. The van der Waals surface area contributed by atoms with E-state index in [0.717, 1.165) is 25.7 Å². The SMILES string of the molecule is O=C(COC1CCCCC1)Nc1ccc(C(=O)NCc2ccccc2F)cc1. The van der Waals surface area contributed by atoms with Crippen LogP contribution in [0.3, 0.4) is 0 Å². The molecule has 2 aromatic rings.